The second-order valence-electron chi connectivity index (χ2n) is 3.92. The first-order valence-corrected chi connectivity index (χ1v) is 8.97. The Morgan fingerprint density at radius 3 is 2.81 bits per heavy atom. The van der Waals surface area contributed by atoms with Crippen molar-refractivity contribution in [3.8, 4) is 0 Å². The van der Waals surface area contributed by atoms with Crippen molar-refractivity contribution in [1.29, 1.82) is 0 Å². The van der Waals surface area contributed by atoms with Crippen LogP contribution >= 0.6 is 27.5 Å². The van der Waals surface area contributed by atoms with Crippen LogP contribution in [0.25, 0.3) is 0 Å². The van der Waals surface area contributed by atoms with Gasteiger partial charge in [-0.2, -0.15) is 4.37 Å². The van der Waals surface area contributed by atoms with Crippen LogP contribution in [0.5, 0.6) is 0 Å². The van der Waals surface area contributed by atoms with Gasteiger partial charge in [0.2, 0.25) is 5.13 Å². The molecule has 21 heavy (non-hydrogen) atoms. The summed E-state index contributed by atoms with van der Waals surface area (Å²) in [5.41, 5.74) is 5.41. The Morgan fingerprint density at radius 2 is 2.19 bits per heavy atom. The standard InChI is InChI=1S/C10H13BrN6O2S2/c11-8-4-7(5-14-9(8)13-3-1-2-12)21(18,19)17-10-15-6-16-20-10/h4-6H,1-3,12H2,(H,13,14)(H,15,16,17). The maximum atomic E-state index is 12.2. The molecule has 0 atom stereocenters. The highest BCUT2D eigenvalue weighted by Crippen LogP contribution is 2.24. The lowest BCUT2D eigenvalue weighted by Gasteiger charge is -2.09. The second kappa shape index (κ2) is 7.11. The third-order valence-corrected chi connectivity index (χ3v) is 5.00. The molecule has 4 N–H and O–H groups in total. The molecule has 0 aliphatic heterocycles. The molecule has 0 aliphatic rings. The Balaban J connectivity index is 2.15. The molecule has 8 nitrogen and oxygen atoms in total. The molecule has 2 heterocycles. The van der Waals surface area contributed by atoms with E-state index in [4.69, 9.17) is 5.73 Å². The monoisotopic (exact) mass is 392 g/mol. The molecule has 0 bridgehead atoms. The van der Waals surface area contributed by atoms with Crippen LogP contribution in [0.3, 0.4) is 0 Å². The summed E-state index contributed by atoms with van der Waals surface area (Å²) >= 11 is 4.25. The van der Waals surface area contributed by atoms with Crippen LogP contribution in [-0.4, -0.2) is 35.8 Å². The van der Waals surface area contributed by atoms with Gasteiger partial charge in [0.25, 0.3) is 10.0 Å². The molecule has 2 aromatic rings. The molecule has 0 saturated carbocycles. The molecule has 114 valence electrons. The van der Waals surface area contributed by atoms with Crippen LogP contribution in [-0.2, 0) is 10.0 Å². The van der Waals surface area contributed by atoms with Crippen LogP contribution in [0.15, 0.2) is 28.0 Å². The quantitative estimate of drug-likeness (QED) is 0.605. The first kappa shape index (κ1) is 16.1. The van der Waals surface area contributed by atoms with E-state index in [0.717, 1.165) is 18.0 Å². The summed E-state index contributed by atoms with van der Waals surface area (Å²) in [5, 5.41) is 3.27. The summed E-state index contributed by atoms with van der Waals surface area (Å²) in [4.78, 5) is 7.91. The van der Waals surface area contributed by atoms with Crippen molar-refractivity contribution in [3.05, 3.63) is 23.1 Å². The predicted molar refractivity (Wildman–Crippen MR) is 84.8 cm³/mol. The van der Waals surface area contributed by atoms with E-state index in [9.17, 15) is 8.42 Å². The minimum Gasteiger partial charge on any atom is -0.369 e. The number of halogens is 1. The van der Waals surface area contributed by atoms with Crippen molar-refractivity contribution >= 4 is 48.4 Å². The number of nitrogens with zero attached hydrogens (tertiary/aromatic N) is 3. The smallest absolute Gasteiger partial charge is 0.265 e. The maximum absolute atomic E-state index is 12.2. The summed E-state index contributed by atoms with van der Waals surface area (Å²) in [7, 11) is -3.73. The summed E-state index contributed by atoms with van der Waals surface area (Å²) in [6.45, 7) is 1.24. The highest BCUT2D eigenvalue weighted by atomic mass is 79.9. The van der Waals surface area contributed by atoms with Crippen molar-refractivity contribution in [3.63, 3.8) is 0 Å². The Labute approximate surface area is 134 Å². The largest absolute Gasteiger partial charge is 0.369 e. The molecule has 0 radical (unpaired) electrons. The van der Waals surface area contributed by atoms with Gasteiger partial charge in [0.15, 0.2) is 0 Å². The number of pyridine rings is 1. The van der Waals surface area contributed by atoms with Crippen molar-refractivity contribution < 1.29 is 8.42 Å². The van der Waals surface area contributed by atoms with Crippen molar-refractivity contribution in [1.82, 2.24) is 14.3 Å². The number of rotatable bonds is 7. The van der Waals surface area contributed by atoms with Gasteiger partial charge in [0, 0.05) is 24.3 Å². The van der Waals surface area contributed by atoms with Gasteiger partial charge in [-0.1, -0.05) is 0 Å². The van der Waals surface area contributed by atoms with E-state index in [2.05, 4.69) is 40.3 Å². The highest BCUT2D eigenvalue weighted by molar-refractivity contribution is 9.10. The van der Waals surface area contributed by atoms with Gasteiger partial charge >= 0.3 is 0 Å². The molecule has 2 aromatic heterocycles. The molecule has 11 heteroatoms. The fraction of sp³-hybridized carbons (Fsp3) is 0.300. The maximum Gasteiger partial charge on any atom is 0.265 e. The average Bonchev–Trinajstić information content (AvgIpc) is 2.93. The summed E-state index contributed by atoms with van der Waals surface area (Å²) < 4.78 is 30.9. The Hall–Kier alpha value is -1.30. The van der Waals surface area contributed by atoms with Gasteiger partial charge in [-0.3, -0.25) is 4.72 Å². The average molecular weight is 393 g/mol. The first-order valence-electron chi connectivity index (χ1n) is 5.92. The van der Waals surface area contributed by atoms with E-state index in [-0.39, 0.29) is 10.0 Å². The molecule has 0 fully saturated rings. The third-order valence-electron chi connectivity index (χ3n) is 2.38. The summed E-state index contributed by atoms with van der Waals surface area (Å²) in [6, 6.07) is 1.47. The Kier molecular flexibility index (Phi) is 5.45. The number of sulfonamides is 1. The minimum absolute atomic E-state index is 0.0361. The Morgan fingerprint density at radius 1 is 1.38 bits per heavy atom. The lowest BCUT2D eigenvalue weighted by molar-refractivity contribution is 0.600. The van der Waals surface area contributed by atoms with Crippen LogP contribution < -0.4 is 15.8 Å². The fourth-order valence-corrected chi connectivity index (χ4v) is 3.67. The van der Waals surface area contributed by atoms with Gasteiger partial charge in [-0.15, -0.1) is 0 Å². The van der Waals surface area contributed by atoms with Crippen molar-refractivity contribution in [2.24, 2.45) is 5.73 Å². The molecular formula is C10H13BrN6O2S2. The van der Waals surface area contributed by atoms with E-state index in [1.54, 1.807) is 0 Å². The zero-order chi connectivity index (χ0) is 15.3. The topological polar surface area (TPSA) is 123 Å². The van der Waals surface area contributed by atoms with Gasteiger partial charge in [0.1, 0.15) is 17.0 Å². The first-order chi connectivity index (χ1) is 10.0. The third kappa shape index (κ3) is 4.33. The molecule has 2 rings (SSSR count). The summed E-state index contributed by atoms with van der Waals surface area (Å²) in [5.74, 6) is 0.568. The number of aromatic nitrogens is 3. The van der Waals surface area contributed by atoms with Gasteiger partial charge in [-0.05, 0) is 35.0 Å². The van der Waals surface area contributed by atoms with E-state index in [1.165, 1.54) is 18.6 Å². The lowest BCUT2D eigenvalue weighted by atomic mass is 10.4. The molecule has 0 aliphatic carbocycles. The second-order valence-corrected chi connectivity index (χ2v) is 7.24. The molecule has 0 aromatic carbocycles. The molecule has 0 amide bonds. The van der Waals surface area contributed by atoms with Gasteiger partial charge < -0.3 is 11.1 Å². The Bertz CT molecular complexity index is 692. The SMILES string of the molecule is NCCCNc1ncc(S(=O)(=O)Nc2ncns2)cc1Br. The van der Waals surface area contributed by atoms with Crippen LogP contribution in [0.2, 0.25) is 0 Å². The molecule has 0 saturated heterocycles. The van der Waals surface area contributed by atoms with Crippen LogP contribution in [0, 0.1) is 0 Å². The molecular weight excluding hydrogens is 380 g/mol. The van der Waals surface area contributed by atoms with Crippen LogP contribution in [0.1, 0.15) is 6.42 Å². The molecule has 0 unspecified atom stereocenters. The fourth-order valence-electron chi connectivity index (χ4n) is 1.40. The zero-order valence-corrected chi connectivity index (χ0v) is 14.0. The van der Waals surface area contributed by atoms with Gasteiger partial charge in [0.05, 0.1) is 4.47 Å². The number of hydrogen-bond acceptors (Lipinski definition) is 8. The van der Waals surface area contributed by atoms with Crippen molar-refractivity contribution in [2.45, 2.75) is 11.3 Å². The van der Waals surface area contributed by atoms with E-state index in [0.29, 0.717) is 23.4 Å². The number of hydrogen-bond donors (Lipinski definition) is 3. The molecule has 0 spiro atoms. The lowest BCUT2D eigenvalue weighted by Crippen LogP contribution is -2.14. The summed E-state index contributed by atoms with van der Waals surface area (Å²) in [6.07, 6.45) is 3.35. The minimum atomic E-state index is -3.73. The zero-order valence-electron chi connectivity index (χ0n) is 10.8. The number of anilines is 2. The number of nitrogens with one attached hydrogen (secondary N) is 2. The van der Waals surface area contributed by atoms with E-state index in [1.807, 2.05) is 0 Å². The van der Waals surface area contributed by atoms with Crippen molar-refractivity contribution in [2.75, 3.05) is 23.1 Å². The normalized spacial score (nSPS) is 11.3. The van der Waals surface area contributed by atoms with Gasteiger partial charge in [-0.25, -0.2) is 18.4 Å². The van der Waals surface area contributed by atoms with E-state index >= 15 is 0 Å². The highest BCUT2D eigenvalue weighted by Gasteiger charge is 2.18. The number of nitrogens with two attached hydrogens (primary N) is 1. The van der Waals surface area contributed by atoms with E-state index < -0.39 is 10.0 Å². The predicted octanol–water partition coefficient (Wildman–Crippen LogP) is 1.26. The van der Waals surface area contributed by atoms with Crippen LogP contribution in [0.4, 0.5) is 10.9 Å².